The number of carbonyl (C=O) groups is 3. The molecule has 3 heterocycles. The van der Waals surface area contributed by atoms with Crippen LogP contribution < -0.4 is 26.8 Å². The lowest BCUT2D eigenvalue weighted by Gasteiger charge is -2.32. The van der Waals surface area contributed by atoms with E-state index in [-0.39, 0.29) is 41.3 Å². The molecule has 0 spiro atoms. The third-order valence-electron chi connectivity index (χ3n) is 5.54. The number of hydrogen-bond acceptors (Lipinski definition) is 6. The number of nitrogens with zero attached hydrogens (tertiary/aromatic N) is 2. The Kier molecular flexibility index (Phi) is 5.40. The average Bonchev–Trinajstić information content (AvgIpc) is 2.72. The van der Waals surface area contributed by atoms with Crippen molar-refractivity contribution in [3.8, 4) is 0 Å². The number of H-pyrrole nitrogens is 1. The number of carbonyl (C=O) groups excluding carboxylic acids is 3. The molecule has 162 valence electrons. The van der Waals surface area contributed by atoms with E-state index in [4.69, 9.17) is 5.73 Å². The molecular formula is C20H21FN6O4. The smallest absolute Gasteiger partial charge is 0.258 e. The summed E-state index contributed by atoms with van der Waals surface area (Å²) in [5.74, 6) is -2.97. The molecule has 10 nitrogen and oxygen atoms in total. The largest absolute Gasteiger partial charge is 0.369 e. The van der Waals surface area contributed by atoms with Crippen LogP contribution in [0.25, 0.3) is 0 Å². The molecular weight excluding hydrogens is 407 g/mol. The van der Waals surface area contributed by atoms with E-state index < -0.39 is 29.1 Å². The van der Waals surface area contributed by atoms with Crippen LogP contribution in [0.1, 0.15) is 30.7 Å². The first-order valence-electron chi connectivity index (χ1n) is 9.86. The van der Waals surface area contributed by atoms with Crippen LogP contribution in [0.2, 0.25) is 0 Å². The van der Waals surface area contributed by atoms with E-state index >= 15 is 0 Å². The Morgan fingerprint density at radius 3 is 2.65 bits per heavy atom. The topological polar surface area (TPSA) is 150 Å². The summed E-state index contributed by atoms with van der Waals surface area (Å²) in [6.45, 7) is 0.930. The monoisotopic (exact) mass is 428 g/mol. The fraction of sp³-hybridized carbons (Fsp3) is 0.350. The van der Waals surface area contributed by atoms with Crippen LogP contribution in [0, 0.1) is 11.7 Å². The van der Waals surface area contributed by atoms with Gasteiger partial charge < -0.3 is 21.3 Å². The zero-order valence-electron chi connectivity index (χ0n) is 16.5. The first-order chi connectivity index (χ1) is 14.8. The molecule has 4 rings (SSSR count). The van der Waals surface area contributed by atoms with Gasteiger partial charge in [0.05, 0.1) is 11.5 Å². The van der Waals surface area contributed by atoms with Crippen LogP contribution in [-0.4, -0.2) is 40.8 Å². The zero-order valence-corrected chi connectivity index (χ0v) is 16.5. The maximum Gasteiger partial charge on any atom is 0.258 e. The van der Waals surface area contributed by atoms with Crippen molar-refractivity contribution in [2.24, 2.45) is 11.7 Å². The first kappa shape index (κ1) is 20.5. The van der Waals surface area contributed by atoms with Crippen molar-refractivity contribution >= 4 is 35.2 Å². The van der Waals surface area contributed by atoms with Gasteiger partial charge in [0.15, 0.2) is 0 Å². The van der Waals surface area contributed by atoms with Crippen molar-refractivity contribution in [1.82, 2.24) is 9.97 Å². The molecule has 31 heavy (non-hydrogen) atoms. The van der Waals surface area contributed by atoms with Crippen molar-refractivity contribution in [2.75, 3.05) is 28.6 Å². The van der Waals surface area contributed by atoms with E-state index in [0.717, 1.165) is 6.07 Å². The number of piperidine rings is 1. The van der Waals surface area contributed by atoms with Crippen molar-refractivity contribution in [2.45, 2.75) is 25.2 Å². The molecule has 0 aliphatic carbocycles. The molecule has 1 saturated heterocycles. The second-order valence-corrected chi connectivity index (χ2v) is 7.62. The van der Waals surface area contributed by atoms with Crippen molar-refractivity contribution in [3.05, 3.63) is 46.0 Å². The Bertz CT molecular complexity index is 1110. The van der Waals surface area contributed by atoms with E-state index in [1.807, 2.05) is 0 Å². The quantitative estimate of drug-likeness (QED) is 0.562. The number of fused-ring (bicyclic) bond motifs is 1. The number of anilines is 3. The van der Waals surface area contributed by atoms with Crippen LogP contribution in [0.5, 0.6) is 0 Å². The van der Waals surface area contributed by atoms with E-state index in [9.17, 15) is 23.6 Å². The second-order valence-electron chi connectivity index (χ2n) is 7.62. The van der Waals surface area contributed by atoms with Gasteiger partial charge in [-0.3, -0.25) is 24.2 Å². The summed E-state index contributed by atoms with van der Waals surface area (Å²) in [7, 11) is 0. The van der Waals surface area contributed by atoms with E-state index in [1.54, 1.807) is 4.90 Å². The third kappa shape index (κ3) is 4.25. The van der Waals surface area contributed by atoms with Gasteiger partial charge in [0, 0.05) is 31.1 Å². The molecule has 0 radical (unpaired) electrons. The van der Waals surface area contributed by atoms with Gasteiger partial charge >= 0.3 is 0 Å². The minimum Gasteiger partial charge on any atom is -0.369 e. The van der Waals surface area contributed by atoms with Crippen molar-refractivity contribution in [1.29, 1.82) is 0 Å². The lowest BCUT2D eigenvalue weighted by Crippen LogP contribution is -2.41. The van der Waals surface area contributed by atoms with Crippen LogP contribution in [-0.2, 0) is 14.4 Å². The number of nitrogens with two attached hydrogens (primary N) is 1. The van der Waals surface area contributed by atoms with Crippen LogP contribution in [0.15, 0.2) is 29.1 Å². The van der Waals surface area contributed by atoms with Crippen molar-refractivity contribution in [3.63, 3.8) is 0 Å². The summed E-state index contributed by atoms with van der Waals surface area (Å²) in [5.41, 5.74) is 5.07. The Morgan fingerprint density at radius 2 is 1.97 bits per heavy atom. The highest BCUT2D eigenvalue weighted by molar-refractivity contribution is 6.04. The SMILES string of the molecule is NC(=O)C1CCN(c2nc3c(c(=O)[nH]2)[C@H](C(=O)Nc2cccc(F)c2)CC(=O)N3)CC1. The van der Waals surface area contributed by atoms with Crippen LogP contribution in [0.4, 0.5) is 21.8 Å². The molecule has 3 amide bonds. The molecule has 2 aliphatic heterocycles. The highest BCUT2D eigenvalue weighted by atomic mass is 19.1. The van der Waals surface area contributed by atoms with Gasteiger partial charge in [-0.15, -0.1) is 0 Å². The summed E-state index contributed by atoms with van der Waals surface area (Å²) in [5, 5.41) is 5.10. The van der Waals surface area contributed by atoms with E-state index in [2.05, 4.69) is 20.6 Å². The molecule has 0 unspecified atom stereocenters. The number of hydrogen-bond donors (Lipinski definition) is 4. The molecule has 1 aromatic carbocycles. The summed E-state index contributed by atoms with van der Waals surface area (Å²) >= 11 is 0. The maximum atomic E-state index is 13.4. The van der Waals surface area contributed by atoms with Crippen LogP contribution >= 0.6 is 0 Å². The maximum absolute atomic E-state index is 13.4. The Labute approximate surface area is 176 Å². The normalized spacial score (nSPS) is 18.8. The minimum atomic E-state index is -1.07. The highest BCUT2D eigenvalue weighted by Gasteiger charge is 2.35. The zero-order chi connectivity index (χ0) is 22.1. The standard InChI is InChI=1S/C20H21FN6O4/c21-11-2-1-3-12(8-11)23-18(30)13-9-14(28)24-17-15(13)19(31)26-20(25-17)27-6-4-10(5-7-27)16(22)29/h1-3,8,10,13H,4-7,9H2,(H2,22,29)(H,23,30)(H2,24,25,26,28,31)/t13-/m1/s1. The van der Waals surface area contributed by atoms with Gasteiger partial charge in [-0.05, 0) is 31.0 Å². The number of aromatic amines is 1. The molecule has 0 bridgehead atoms. The molecule has 1 aromatic heterocycles. The molecule has 5 N–H and O–H groups in total. The number of aromatic nitrogens is 2. The number of primary amides is 1. The Hall–Kier alpha value is -3.76. The predicted molar refractivity (Wildman–Crippen MR) is 110 cm³/mol. The Morgan fingerprint density at radius 1 is 1.23 bits per heavy atom. The van der Waals surface area contributed by atoms with Gasteiger partial charge in [0.25, 0.3) is 5.56 Å². The molecule has 1 atom stereocenters. The molecule has 0 saturated carbocycles. The molecule has 11 heteroatoms. The van der Waals surface area contributed by atoms with Gasteiger partial charge in [-0.25, -0.2) is 4.39 Å². The number of benzene rings is 1. The summed E-state index contributed by atoms with van der Waals surface area (Å²) in [6.07, 6.45) is 0.824. The van der Waals surface area contributed by atoms with Gasteiger partial charge in [0.1, 0.15) is 11.6 Å². The molecule has 2 aliphatic rings. The summed E-state index contributed by atoms with van der Waals surface area (Å²) in [6, 6.07) is 5.32. The lowest BCUT2D eigenvalue weighted by atomic mass is 9.92. The van der Waals surface area contributed by atoms with Crippen LogP contribution in [0.3, 0.4) is 0 Å². The minimum absolute atomic E-state index is 0.0198. The number of nitrogens with one attached hydrogen (secondary N) is 3. The first-order valence-corrected chi connectivity index (χ1v) is 9.86. The number of rotatable bonds is 4. The Balaban J connectivity index is 1.59. The van der Waals surface area contributed by atoms with Crippen molar-refractivity contribution < 1.29 is 18.8 Å². The van der Waals surface area contributed by atoms with E-state index in [0.29, 0.717) is 25.9 Å². The van der Waals surface area contributed by atoms with E-state index in [1.165, 1.54) is 18.2 Å². The predicted octanol–water partition coefficient (Wildman–Crippen LogP) is 0.675. The van der Waals surface area contributed by atoms with Gasteiger partial charge in [-0.2, -0.15) is 4.98 Å². The third-order valence-corrected chi connectivity index (χ3v) is 5.54. The number of halogens is 1. The number of amides is 3. The van der Waals surface area contributed by atoms with Gasteiger partial charge in [-0.1, -0.05) is 6.07 Å². The fourth-order valence-electron chi connectivity index (χ4n) is 3.90. The average molecular weight is 428 g/mol. The molecule has 1 fully saturated rings. The summed E-state index contributed by atoms with van der Waals surface area (Å²) in [4.78, 5) is 58.0. The summed E-state index contributed by atoms with van der Waals surface area (Å²) < 4.78 is 13.4. The molecule has 2 aromatic rings. The second kappa shape index (κ2) is 8.17. The fourth-order valence-corrected chi connectivity index (χ4v) is 3.90. The lowest BCUT2D eigenvalue weighted by molar-refractivity contribution is -0.123. The van der Waals surface area contributed by atoms with Gasteiger partial charge in [0.2, 0.25) is 23.7 Å². The highest BCUT2D eigenvalue weighted by Crippen LogP contribution is 2.31.